The lowest BCUT2D eigenvalue weighted by Crippen LogP contribution is -2.53. The number of urea groups is 1. The van der Waals surface area contributed by atoms with Gasteiger partial charge in [0.2, 0.25) is 0 Å². The van der Waals surface area contributed by atoms with Gasteiger partial charge in [0.15, 0.2) is 6.10 Å². The zero-order chi connectivity index (χ0) is 13.3. The molecule has 1 unspecified atom stereocenters. The molecule has 1 aliphatic heterocycles. The molecule has 0 fully saturated rings. The number of nitrogens with one attached hydrogen (secondary N) is 1. The van der Waals surface area contributed by atoms with Gasteiger partial charge < -0.3 is 10.5 Å². The highest BCUT2D eigenvalue weighted by atomic mass is 16.5. The van der Waals surface area contributed by atoms with Crippen molar-refractivity contribution in [1.82, 2.24) is 5.43 Å². The molecule has 1 aromatic carbocycles. The summed E-state index contributed by atoms with van der Waals surface area (Å²) in [6.07, 6.45) is -0.737. The van der Waals surface area contributed by atoms with E-state index in [4.69, 9.17) is 16.3 Å². The molecule has 1 atom stereocenters. The summed E-state index contributed by atoms with van der Waals surface area (Å²) < 4.78 is 5.42. The Morgan fingerprint density at radius 3 is 2.89 bits per heavy atom. The van der Waals surface area contributed by atoms with Crippen molar-refractivity contribution in [2.45, 2.75) is 19.6 Å². The molecular weight excluding hydrogens is 236 g/mol. The van der Waals surface area contributed by atoms with E-state index in [0.29, 0.717) is 18.0 Å². The summed E-state index contributed by atoms with van der Waals surface area (Å²) in [7, 11) is 0. The number of hydrazine groups is 1. The molecule has 0 aromatic heterocycles. The van der Waals surface area contributed by atoms with Crippen molar-refractivity contribution < 1.29 is 14.3 Å². The van der Waals surface area contributed by atoms with Crippen LogP contribution in [0.1, 0.15) is 12.5 Å². The van der Waals surface area contributed by atoms with Crippen molar-refractivity contribution in [3.63, 3.8) is 0 Å². The molecule has 0 radical (unpaired) electrons. The summed E-state index contributed by atoms with van der Waals surface area (Å²) in [4.78, 5) is 24.6. The number of hydrogen-bond acceptors (Lipinski definition) is 5. The van der Waals surface area contributed by atoms with Gasteiger partial charge in [-0.2, -0.15) is 0 Å². The molecule has 0 bridgehead atoms. The zero-order valence-electron chi connectivity index (χ0n) is 9.84. The Morgan fingerprint density at radius 1 is 1.56 bits per heavy atom. The summed E-state index contributed by atoms with van der Waals surface area (Å²) >= 11 is 0. The number of imide groups is 1. The van der Waals surface area contributed by atoms with Crippen LogP contribution in [0.2, 0.25) is 0 Å². The molecule has 18 heavy (non-hydrogen) atoms. The first kappa shape index (κ1) is 12.3. The number of amides is 3. The van der Waals surface area contributed by atoms with E-state index >= 15 is 0 Å². The first-order valence-corrected chi connectivity index (χ1v) is 5.42. The van der Waals surface area contributed by atoms with Crippen LogP contribution in [0, 0.1) is 0 Å². The number of carbonyl (C=O) groups excluding carboxylic acids is 2. The normalized spacial score (nSPS) is 18.1. The monoisotopic (exact) mass is 250 g/mol. The quantitative estimate of drug-likeness (QED) is 0.364. The minimum absolute atomic E-state index is 0.301. The second-order valence-electron chi connectivity index (χ2n) is 3.89. The molecule has 7 nitrogen and oxygen atoms in total. The minimum atomic E-state index is -0.737. The number of nitrogens with two attached hydrogens (primary N) is 2. The first-order valence-electron chi connectivity index (χ1n) is 5.42. The van der Waals surface area contributed by atoms with Gasteiger partial charge in [0.1, 0.15) is 5.75 Å². The van der Waals surface area contributed by atoms with Crippen LogP contribution < -0.4 is 26.6 Å². The summed E-state index contributed by atoms with van der Waals surface area (Å²) in [5.74, 6) is 5.05. The molecule has 1 aromatic rings. The lowest BCUT2D eigenvalue weighted by Gasteiger charge is -2.31. The van der Waals surface area contributed by atoms with E-state index in [1.54, 1.807) is 25.1 Å². The van der Waals surface area contributed by atoms with Crippen LogP contribution in [0.5, 0.6) is 5.75 Å². The Labute approximate surface area is 104 Å². The molecule has 2 rings (SSSR count). The predicted octanol–water partition coefficient (Wildman–Crippen LogP) is -0.158. The standard InChI is InChI=1S/C11H14N4O3/c1-6-10(16)15(11(17)14-13)8-4-7(5-12)2-3-9(8)18-6/h2-4,6H,5,12-13H2,1H3,(H,14,17). The Balaban J connectivity index is 2.53. The highest BCUT2D eigenvalue weighted by Crippen LogP contribution is 2.34. The molecular formula is C11H14N4O3. The smallest absolute Gasteiger partial charge is 0.343 e. The molecule has 0 spiro atoms. The molecule has 5 N–H and O–H groups in total. The van der Waals surface area contributed by atoms with Gasteiger partial charge in [-0.15, -0.1) is 0 Å². The maximum absolute atomic E-state index is 11.9. The van der Waals surface area contributed by atoms with Crippen molar-refractivity contribution >= 4 is 17.6 Å². The molecule has 1 heterocycles. The van der Waals surface area contributed by atoms with Crippen molar-refractivity contribution in [2.75, 3.05) is 4.90 Å². The van der Waals surface area contributed by atoms with E-state index in [1.807, 2.05) is 5.43 Å². The number of fused-ring (bicyclic) bond motifs is 1. The van der Waals surface area contributed by atoms with Crippen LogP contribution in [0.15, 0.2) is 18.2 Å². The van der Waals surface area contributed by atoms with E-state index in [2.05, 4.69) is 0 Å². The van der Waals surface area contributed by atoms with Crippen LogP contribution in [0.25, 0.3) is 0 Å². The van der Waals surface area contributed by atoms with E-state index in [-0.39, 0.29) is 0 Å². The Morgan fingerprint density at radius 2 is 2.28 bits per heavy atom. The minimum Gasteiger partial charge on any atom is -0.479 e. The summed E-state index contributed by atoms with van der Waals surface area (Å²) in [6.45, 7) is 1.87. The van der Waals surface area contributed by atoms with Gasteiger partial charge in [-0.25, -0.2) is 15.5 Å². The van der Waals surface area contributed by atoms with Crippen LogP contribution in [0.4, 0.5) is 10.5 Å². The van der Waals surface area contributed by atoms with Crippen LogP contribution in [0.3, 0.4) is 0 Å². The second-order valence-corrected chi connectivity index (χ2v) is 3.89. The molecule has 7 heteroatoms. The number of nitrogens with zero attached hydrogens (tertiary/aromatic N) is 1. The fourth-order valence-electron chi connectivity index (χ4n) is 1.78. The second kappa shape index (κ2) is 4.63. The lowest BCUT2D eigenvalue weighted by molar-refractivity contribution is -0.124. The fraction of sp³-hybridized carbons (Fsp3) is 0.273. The Bertz CT molecular complexity index is 503. The highest BCUT2D eigenvalue weighted by Gasteiger charge is 2.35. The number of rotatable bonds is 1. The fourth-order valence-corrected chi connectivity index (χ4v) is 1.78. The van der Waals surface area contributed by atoms with Crippen LogP contribution in [-0.4, -0.2) is 18.0 Å². The van der Waals surface area contributed by atoms with Gasteiger partial charge >= 0.3 is 6.03 Å². The van der Waals surface area contributed by atoms with Gasteiger partial charge in [0.05, 0.1) is 5.69 Å². The molecule has 3 amide bonds. The third-order valence-electron chi connectivity index (χ3n) is 2.70. The third kappa shape index (κ3) is 1.89. The third-order valence-corrected chi connectivity index (χ3v) is 2.70. The number of anilines is 1. The lowest BCUT2D eigenvalue weighted by atomic mass is 10.1. The van der Waals surface area contributed by atoms with Crippen LogP contribution >= 0.6 is 0 Å². The molecule has 1 aliphatic rings. The maximum Gasteiger partial charge on any atom is 0.343 e. The van der Waals surface area contributed by atoms with Crippen molar-refractivity contribution in [1.29, 1.82) is 0 Å². The van der Waals surface area contributed by atoms with Crippen LogP contribution in [-0.2, 0) is 11.3 Å². The van der Waals surface area contributed by atoms with Crippen molar-refractivity contribution in [3.8, 4) is 5.75 Å². The van der Waals surface area contributed by atoms with Gasteiger partial charge in [0, 0.05) is 6.54 Å². The van der Waals surface area contributed by atoms with E-state index in [1.165, 1.54) is 0 Å². The molecule has 0 saturated heterocycles. The predicted molar refractivity (Wildman–Crippen MR) is 64.6 cm³/mol. The van der Waals surface area contributed by atoms with Gasteiger partial charge in [-0.3, -0.25) is 10.2 Å². The van der Waals surface area contributed by atoms with Gasteiger partial charge in [-0.05, 0) is 24.6 Å². The van der Waals surface area contributed by atoms with Crippen molar-refractivity contribution in [2.24, 2.45) is 11.6 Å². The highest BCUT2D eigenvalue weighted by molar-refractivity contribution is 6.17. The number of hydrogen-bond donors (Lipinski definition) is 3. The average molecular weight is 250 g/mol. The number of benzene rings is 1. The van der Waals surface area contributed by atoms with Gasteiger partial charge in [-0.1, -0.05) is 6.07 Å². The SMILES string of the molecule is CC1Oc2ccc(CN)cc2N(C(=O)NN)C1=O. The zero-order valence-corrected chi connectivity index (χ0v) is 9.84. The topological polar surface area (TPSA) is 111 Å². The molecule has 0 saturated carbocycles. The average Bonchev–Trinajstić information content (AvgIpc) is 2.39. The number of carbonyl (C=O) groups is 2. The Kier molecular flexibility index (Phi) is 3.17. The van der Waals surface area contributed by atoms with E-state index in [9.17, 15) is 9.59 Å². The molecule has 96 valence electrons. The Hall–Kier alpha value is -2.12. The van der Waals surface area contributed by atoms with E-state index < -0.39 is 18.0 Å². The number of ether oxygens (including phenoxy) is 1. The molecule has 0 aliphatic carbocycles. The maximum atomic E-state index is 11.9. The van der Waals surface area contributed by atoms with Gasteiger partial charge in [0.25, 0.3) is 5.91 Å². The summed E-state index contributed by atoms with van der Waals surface area (Å²) in [5.41, 5.74) is 8.61. The summed E-state index contributed by atoms with van der Waals surface area (Å²) in [6, 6.07) is 4.39. The van der Waals surface area contributed by atoms with Crippen molar-refractivity contribution in [3.05, 3.63) is 23.8 Å². The summed E-state index contributed by atoms with van der Waals surface area (Å²) in [5, 5.41) is 0. The van der Waals surface area contributed by atoms with E-state index in [0.717, 1.165) is 10.5 Å². The largest absolute Gasteiger partial charge is 0.479 e. The first-order chi connectivity index (χ1) is 8.58.